The van der Waals surface area contributed by atoms with Gasteiger partial charge >= 0.3 is 5.97 Å². The molecule has 1 fully saturated rings. The largest absolute Gasteiger partial charge is 0.464 e. The van der Waals surface area contributed by atoms with E-state index < -0.39 is 12.0 Å². The van der Waals surface area contributed by atoms with E-state index in [1.807, 2.05) is 6.92 Å². The molecule has 5 nitrogen and oxygen atoms in total. The van der Waals surface area contributed by atoms with Crippen molar-refractivity contribution in [2.75, 3.05) is 19.7 Å². The molecule has 1 saturated carbocycles. The molecule has 5 heteroatoms. The minimum absolute atomic E-state index is 0.245. The molecule has 1 rings (SSSR count). The fourth-order valence-corrected chi connectivity index (χ4v) is 1.52. The van der Waals surface area contributed by atoms with Crippen molar-refractivity contribution in [3.63, 3.8) is 0 Å². The average Bonchev–Trinajstić information content (AvgIpc) is 3.08. The summed E-state index contributed by atoms with van der Waals surface area (Å²) in [6.07, 6.45) is 2.33. The molecule has 0 radical (unpaired) electrons. The predicted octanol–water partition coefficient (Wildman–Crippen LogP) is 0.135. The van der Waals surface area contributed by atoms with E-state index in [9.17, 15) is 9.59 Å². The Hall–Kier alpha value is -1.10. The molecule has 0 aromatic heterocycles. The Morgan fingerprint density at radius 1 is 1.44 bits per heavy atom. The van der Waals surface area contributed by atoms with E-state index in [1.54, 1.807) is 11.8 Å². The lowest BCUT2D eigenvalue weighted by atomic mass is 10.2. The Morgan fingerprint density at radius 3 is 2.50 bits per heavy atom. The molecule has 1 aliphatic rings. The van der Waals surface area contributed by atoms with Crippen LogP contribution in [0.2, 0.25) is 0 Å². The van der Waals surface area contributed by atoms with Crippen LogP contribution in [0.5, 0.6) is 0 Å². The van der Waals surface area contributed by atoms with Crippen LogP contribution < -0.4 is 5.73 Å². The summed E-state index contributed by atoms with van der Waals surface area (Å²) in [4.78, 5) is 24.8. The van der Waals surface area contributed by atoms with Crippen molar-refractivity contribution < 1.29 is 14.3 Å². The van der Waals surface area contributed by atoms with Crippen LogP contribution in [0.3, 0.4) is 0 Å². The second kappa shape index (κ2) is 5.84. The Kier molecular flexibility index (Phi) is 4.73. The normalized spacial score (nSPS) is 16.7. The Labute approximate surface area is 95.9 Å². The first-order chi connectivity index (χ1) is 7.60. The molecule has 0 aliphatic heterocycles. The van der Waals surface area contributed by atoms with Crippen LogP contribution in [0.4, 0.5) is 0 Å². The van der Waals surface area contributed by atoms with Gasteiger partial charge in [-0.3, -0.25) is 4.79 Å². The highest BCUT2D eigenvalue weighted by molar-refractivity contribution is 6.01. The van der Waals surface area contributed by atoms with Crippen LogP contribution in [0.25, 0.3) is 0 Å². The van der Waals surface area contributed by atoms with Crippen LogP contribution in [0.1, 0.15) is 26.7 Å². The van der Waals surface area contributed by atoms with Crippen molar-refractivity contribution in [1.82, 2.24) is 4.90 Å². The third-order valence-electron chi connectivity index (χ3n) is 2.68. The van der Waals surface area contributed by atoms with Gasteiger partial charge in [-0.1, -0.05) is 0 Å². The topological polar surface area (TPSA) is 72.6 Å². The van der Waals surface area contributed by atoms with Crippen molar-refractivity contribution in [3.8, 4) is 0 Å². The minimum Gasteiger partial charge on any atom is -0.464 e. The summed E-state index contributed by atoms with van der Waals surface area (Å²) in [5.74, 6) is -0.368. The number of nitrogens with zero attached hydrogens (tertiary/aromatic N) is 1. The molecular formula is C11H20N2O3. The number of hydrogen-bond donors (Lipinski definition) is 1. The fraction of sp³-hybridized carbons (Fsp3) is 0.818. The number of esters is 1. The van der Waals surface area contributed by atoms with E-state index in [4.69, 9.17) is 10.5 Å². The van der Waals surface area contributed by atoms with Gasteiger partial charge in [-0.25, -0.2) is 4.79 Å². The first-order valence-electron chi connectivity index (χ1n) is 5.81. The number of carbonyl (C=O) groups is 2. The van der Waals surface area contributed by atoms with Gasteiger partial charge < -0.3 is 15.4 Å². The van der Waals surface area contributed by atoms with E-state index in [-0.39, 0.29) is 12.5 Å². The summed E-state index contributed by atoms with van der Waals surface area (Å²) in [6, 6.07) is -1.17. The van der Waals surface area contributed by atoms with Crippen LogP contribution in [0.15, 0.2) is 0 Å². The molecule has 0 aromatic rings. The SMILES string of the molecule is CCOC(=O)C(N)C(=O)N(CC)CC1CC1. The molecule has 1 aliphatic carbocycles. The van der Waals surface area contributed by atoms with Crippen molar-refractivity contribution >= 4 is 11.9 Å². The quantitative estimate of drug-likeness (QED) is 0.518. The van der Waals surface area contributed by atoms with Gasteiger partial charge in [0.15, 0.2) is 6.04 Å². The molecule has 0 aromatic carbocycles. The number of amides is 1. The summed E-state index contributed by atoms with van der Waals surface area (Å²) in [7, 11) is 0. The summed E-state index contributed by atoms with van der Waals surface area (Å²) < 4.78 is 4.73. The van der Waals surface area contributed by atoms with Crippen molar-refractivity contribution in [2.45, 2.75) is 32.7 Å². The van der Waals surface area contributed by atoms with Gasteiger partial charge in [0, 0.05) is 13.1 Å². The predicted molar refractivity (Wildman–Crippen MR) is 59.6 cm³/mol. The number of likely N-dealkylation sites (N-methyl/N-ethyl adjacent to an activating group) is 1. The second-order valence-electron chi connectivity index (χ2n) is 4.05. The standard InChI is InChI=1S/C11H20N2O3/c1-3-13(7-8-5-6-8)10(14)9(12)11(15)16-4-2/h8-9H,3-7,12H2,1-2H3. The van der Waals surface area contributed by atoms with Gasteiger partial charge in [0.1, 0.15) is 0 Å². The monoisotopic (exact) mass is 228 g/mol. The third kappa shape index (κ3) is 3.48. The molecule has 0 spiro atoms. The summed E-state index contributed by atoms with van der Waals surface area (Å²) in [6.45, 7) is 5.12. The molecule has 1 amide bonds. The van der Waals surface area contributed by atoms with Gasteiger partial charge in [-0.2, -0.15) is 0 Å². The molecule has 92 valence electrons. The summed E-state index contributed by atoms with van der Waals surface area (Å²) >= 11 is 0. The van der Waals surface area contributed by atoms with E-state index >= 15 is 0 Å². The first kappa shape index (κ1) is 13.0. The highest BCUT2D eigenvalue weighted by atomic mass is 16.5. The van der Waals surface area contributed by atoms with Crippen LogP contribution in [-0.4, -0.2) is 42.5 Å². The molecule has 2 N–H and O–H groups in total. The molecule has 16 heavy (non-hydrogen) atoms. The number of rotatable bonds is 6. The zero-order chi connectivity index (χ0) is 12.1. The van der Waals surface area contributed by atoms with Crippen molar-refractivity contribution in [2.24, 2.45) is 11.7 Å². The first-order valence-corrected chi connectivity index (χ1v) is 5.81. The average molecular weight is 228 g/mol. The number of ether oxygens (including phenoxy) is 1. The molecule has 0 bridgehead atoms. The number of carbonyl (C=O) groups excluding carboxylic acids is 2. The number of hydrogen-bond acceptors (Lipinski definition) is 4. The van der Waals surface area contributed by atoms with Crippen molar-refractivity contribution in [1.29, 1.82) is 0 Å². The van der Waals surface area contributed by atoms with E-state index in [0.29, 0.717) is 19.0 Å². The minimum atomic E-state index is -1.17. The maximum atomic E-state index is 11.9. The zero-order valence-electron chi connectivity index (χ0n) is 9.94. The summed E-state index contributed by atoms with van der Waals surface area (Å²) in [5.41, 5.74) is 5.55. The van der Waals surface area contributed by atoms with Crippen LogP contribution in [-0.2, 0) is 14.3 Å². The molecule has 0 heterocycles. The molecule has 1 atom stereocenters. The van der Waals surface area contributed by atoms with Crippen LogP contribution >= 0.6 is 0 Å². The third-order valence-corrected chi connectivity index (χ3v) is 2.68. The highest BCUT2D eigenvalue weighted by Crippen LogP contribution is 2.29. The smallest absolute Gasteiger partial charge is 0.332 e. The Morgan fingerprint density at radius 2 is 2.06 bits per heavy atom. The lowest BCUT2D eigenvalue weighted by molar-refractivity contribution is -0.150. The molecule has 0 saturated heterocycles. The lowest BCUT2D eigenvalue weighted by Crippen LogP contribution is -2.49. The number of nitrogens with two attached hydrogens (primary N) is 1. The van der Waals surface area contributed by atoms with E-state index in [0.717, 1.165) is 0 Å². The Bertz CT molecular complexity index is 264. The Balaban J connectivity index is 2.48. The fourth-order valence-electron chi connectivity index (χ4n) is 1.52. The van der Waals surface area contributed by atoms with E-state index in [2.05, 4.69) is 0 Å². The zero-order valence-corrected chi connectivity index (χ0v) is 9.94. The lowest BCUT2D eigenvalue weighted by Gasteiger charge is -2.23. The highest BCUT2D eigenvalue weighted by Gasteiger charge is 2.31. The molecule has 1 unspecified atom stereocenters. The summed E-state index contributed by atoms with van der Waals surface area (Å²) in [5, 5.41) is 0. The second-order valence-corrected chi connectivity index (χ2v) is 4.05. The van der Waals surface area contributed by atoms with Crippen molar-refractivity contribution in [3.05, 3.63) is 0 Å². The van der Waals surface area contributed by atoms with Gasteiger partial charge in [-0.05, 0) is 32.6 Å². The van der Waals surface area contributed by atoms with Gasteiger partial charge in [0.2, 0.25) is 0 Å². The van der Waals surface area contributed by atoms with Gasteiger partial charge in [0.25, 0.3) is 5.91 Å². The maximum absolute atomic E-state index is 11.9. The van der Waals surface area contributed by atoms with Crippen LogP contribution in [0, 0.1) is 5.92 Å². The van der Waals surface area contributed by atoms with Gasteiger partial charge in [0.05, 0.1) is 6.61 Å². The molecular weight excluding hydrogens is 208 g/mol. The van der Waals surface area contributed by atoms with Gasteiger partial charge in [-0.15, -0.1) is 0 Å². The maximum Gasteiger partial charge on any atom is 0.332 e. The van der Waals surface area contributed by atoms with E-state index in [1.165, 1.54) is 12.8 Å².